The number of nitrogens with one attached hydrogen (secondary N) is 1. The number of carbonyl (C=O) groups is 2. The zero-order valence-corrected chi connectivity index (χ0v) is 13.6. The number of ether oxygens (including phenoxy) is 1. The fraction of sp³-hybridized carbons (Fsp3) is 0.467. The Bertz CT molecular complexity index is 474. The van der Waals surface area contributed by atoms with E-state index in [1.54, 1.807) is 18.2 Å². The van der Waals surface area contributed by atoms with Gasteiger partial charge >= 0.3 is 5.97 Å². The van der Waals surface area contributed by atoms with Crippen LogP contribution in [0.3, 0.4) is 0 Å². The van der Waals surface area contributed by atoms with Gasteiger partial charge in [-0.05, 0) is 30.5 Å². The first-order valence-electron chi connectivity index (χ1n) is 6.68. The van der Waals surface area contributed by atoms with Gasteiger partial charge in [0.15, 0.2) is 0 Å². The molecule has 0 fully saturated rings. The first-order chi connectivity index (χ1) is 9.45. The molecule has 1 aromatic rings. The quantitative estimate of drug-likeness (QED) is 0.808. The molecule has 0 heterocycles. The van der Waals surface area contributed by atoms with E-state index < -0.39 is 6.04 Å². The van der Waals surface area contributed by atoms with Crippen LogP contribution in [0, 0.1) is 5.92 Å². The highest BCUT2D eigenvalue weighted by Crippen LogP contribution is 2.13. The van der Waals surface area contributed by atoms with Crippen LogP contribution in [-0.2, 0) is 9.53 Å². The maximum atomic E-state index is 12.2. The summed E-state index contributed by atoms with van der Waals surface area (Å²) < 4.78 is 5.93. The number of hydrogen-bond acceptors (Lipinski definition) is 3. The van der Waals surface area contributed by atoms with E-state index in [2.05, 4.69) is 21.2 Å². The van der Waals surface area contributed by atoms with Gasteiger partial charge in [0.1, 0.15) is 6.04 Å². The largest absolute Gasteiger partial charge is 0.464 e. The Hall–Kier alpha value is -1.36. The van der Waals surface area contributed by atoms with E-state index >= 15 is 0 Å². The lowest BCUT2D eigenvalue weighted by Gasteiger charge is -2.20. The molecule has 1 rings (SSSR count). The summed E-state index contributed by atoms with van der Waals surface area (Å²) in [6.07, 6.45) is 0.760. The normalized spacial score (nSPS) is 12.1. The SMILES string of the molecule is CCCOC(=O)C(NC(=O)c1cccc(Br)c1)C(C)C. The van der Waals surface area contributed by atoms with Gasteiger partial charge in [0.2, 0.25) is 0 Å². The van der Waals surface area contributed by atoms with Gasteiger partial charge in [-0.3, -0.25) is 4.79 Å². The Kier molecular flexibility index (Phi) is 6.71. The van der Waals surface area contributed by atoms with Crippen LogP contribution in [0.5, 0.6) is 0 Å². The van der Waals surface area contributed by atoms with Crippen molar-refractivity contribution in [2.75, 3.05) is 6.61 Å². The minimum atomic E-state index is -0.631. The van der Waals surface area contributed by atoms with E-state index in [-0.39, 0.29) is 17.8 Å². The molecule has 20 heavy (non-hydrogen) atoms. The summed E-state index contributed by atoms with van der Waals surface area (Å²) in [5.41, 5.74) is 0.508. The lowest BCUT2D eigenvalue weighted by Crippen LogP contribution is -2.45. The van der Waals surface area contributed by atoms with Crippen molar-refractivity contribution in [3.63, 3.8) is 0 Å². The number of hydrogen-bond donors (Lipinski definition) is 1. The third kappa shape index (κ3) is 4.96. The highest BCUT2D eigenvalue weighted by atomic mass is 79.9. The first kappa shape index (κ1) is 16.7. The van der Waals surface area contributed by atoms with Gasteiger partial charge in [-0.25, -0.2) is 4.79 Å². The van der Waals surface area contributed by atoms with Crippen LogP contribution in [0.15, 0.2) is 28.7 Å². The fourth-order valence-electron chi connectivity index (χ4n) is 1.64. The van der Waals surface area contributed by atoms with E-state index in [1.165, 1.54) is 0 Å². The Morgan fingerprint density at radius 2 is 2.05 bits per heavy atom. The second-order valence-corrected chi connectivity index (χ2v) is 5.79. The maximum Gasteiger partial charge on any atom is 0.328 e. The van der Waals surface area contributed by atoms with Gasteiger partial charge in [0.05, 0.1) is 6.61 Å². The smallest absolute Gasteiger partial charge is 0.328 e. The van der Waals surface area contributed by atoms with Crippen LogP contribution in [0.4, 0.5) is 0 Å². The van der Waals surface area contributed by atoms with Gasteiger partial charge in [-0.2, -0.15) is 0 Å². The fourth-order valence-corrected chi connectivity index (χ4v) is 2.04. The number of benzene rings is 1. The highest BCUT2D eigenvalue weighted by Gasteiger charge is 2.25. The molecule has 0 aliphatic heterocycles. The molecule has 0 radical (unpaired) electrons. The summed E-state index contributed by atoms with van der Waals surface area (Å²) in [7, 11) is 0. The standard InChI is InChI=1S/C15H20BrNO3/c1-4-8-20-15(19)13(10(2)3)17-14(18)11-6-5-7-12(16)9-11/h5-7,9-10,13H,4,8H2,1-3H3,(H,17,18). The molecule has 1 aromatic carbocycles. The zero-order chi connectivity index (χ0) is 15.1. The molecule has 1 unspecified atom stereocenters. The number of halogens is 1. The summed E-state index contributed by atoms with van der Waals surface area (Å²) in [4.78, 5) is 24.1. The molecular formula is C15H20BrNO3. The van der Waals surface area contributed by atoms with Crippen molar-refractivity contribution in [2.24, 2.45) is 5.92 Å². The molecule has 1 amide bonds. The Labute approximate surface area is 128 Å². The minimum absolute atomic E-state index is 0.0320. The third-order valence-corrected chi connectivity index (χ3v) is 3.24. The van der Waals surface area contributed by atoms with E-state index in [1.807, 2.05) is 26.8 Å². The molecule has 0 bridgehead atoms. The predicted molar refractivity (Wildman–Crippen MR) is 81.5 cm³/mol. The molecule has 4 nitrogen and oxygen atoms in total. The van der Waals surface area contributed by atoms with Crippen molar-refractivity contribution in [2.45, 2.75) is 33.2 Å². The lowest BCUT2D eigenvalue weighted by atomic mass is 10.0. The van der Waals surface area contributed by atoms with Gasteiger partial charge in [-0.1, -0.05) is 42.8 Å². The number of rotatable bonds is 6. The summed E-state index contributed by atoms with van der Waals surface area (Å²) in [5.74, 6) is -0.695. The Morgan fingerprint density at radius 1 is 1.35 bits per heavy atom. The summed E-state index contributed by atoms with van der Waals surface area (Å²) in [6.45, 7) is 6.05. The van der Waals surface area contributed by atoms with E-state index in [9.17, 15) is 9.59 Å². The first-order valence-corrected chi connectivity index (χ1v) is 7.48. The summed E-state index contributed by atoms with van der Waals surface area (Å²) in [6, 6.07) is 6.40. The lowest BCUT2D eigenvalue weighted by molar-refractivity contribution is -0.147. The molecular weight excluding hydrogens is 322 g/mol. The second-order valence-electron chi connectivity index (χ2n) is 4.87. The second kappa shape index (κ2) is 8.04. The summed E-state index contributed by atoms with van der Waals surface area (Å²) >= 11 is 3.32. The van der Waals surface area contributed by atoms with E-state index in [4.69, 9.17) is 4.74 Å². The molecule has 1 N–H and O–H groups in total. The molecule has 0 aliphatic rings. The van der Waals surface area contributed by atoms with Crippen LogP contribution >= 0.6 is 15.9 Å². The van der Waals surface area contributed by atoms with Gasteiger partial charge in [-0.15, -0.1) is 0 Å². The van der Waals surface area contributed by atoms with Crippen molar-refractivity contribution in [1.82, 2.24) is 5.32 Å². The predicted octanol–water partition coefficient (Wildman–Crippen LogP) is 3.16. The monoisotopic (exact) mass is 341 g/mol. The molecule has 0 saturated carbocycles. The van der Waals surface area contributed by atoms with Crippen molar-refractivity contribution in [1.29, 1.82) is 0 Å². The van der Waals surface area contributed by atoms with Crippen LogP contribution in [-0.4, -0.2) is 24.5 Å². The number of amides is 1. The van der Waals surface area contributed by atoms with Crippen LogP contribution in [0.25, 0.3) is 0 Å². The zero-order valence-electron chi connectivity index (χ0n) is 12.0. The average Bonchev–Trinajstić information content (AvgIpc) is 2.41. The molecule has 0 aromatic heterocycles. The van der Waals surface area contributed by atoms with Crippen LogP contribution < -0.4 is 5.32 Å². The third-order valence-electron chi connectivity index (χ3n) is 2.74. The van der Waals surface area contributed by atoms with Gasteiger partial charge < -0.3 is 10.1 Å². The van der Waals surface area contributed by atoms with E-state index in [0.29, 0.717) is 12.2 Å². The topological polar surface area (TPSA) is 55.4 Å². The Balaban J connectivity index is 2.75. The van der Waals surface area contributed by atoms with Crippen LogP contribution in [0.1, 0.15) is 37.6 Å². The number of esters is 1. The molecule has 110 valence electrons. The Morgan fingerprint density at radius 3 is 2.60 bits per heavy atom. The average molecular weight is 342 g/mol. The molecule has 0 spiro atoms. The van der Waals surface area contributed by atoms with Crippen molar-refractivity contribution >= 4 is 27.8 Å². The van der Waals surface area contributed by atoms with Crippen molar-refractivity contribution in [3.8, 4) is 0 Å². The molecule has 0 saturated heterocycles. The highest BCUT2D eigenvalue weighted by molar-refractivity contribution is 9.10. The maximum absolute atomic E-state index is 12.2. The minimum Gasteiger partial charge on any atom is -0.464 e. The van der Waals surface area contributed by atoms with Crippen LogP contribution in [0.2, 0.25) is 0 Å². The molecule has 1 atom stereocenters. The number of carbonyl (C=O) groups excluding carboxylic acids is 2. The molecule has 0 aliphatic carbocycles. The van der Waals surface area contributed by atoms with E-state index in [0.717, 1.165) is 10.9 Å². The van der Waals surface area contributed by atoms with Crippen molar-refractivity contribution < 1.29 is 14.3 Å². The van der Waals surface area contributed by atoms with Gasteiger partial charge in [0.25, 0.3) is 5.91 Å². The van der Waals surface area contributed by atoms with Gasteiger partial charge in [0, 0.05) is 10.0 Å². The molecule has 5 heteroatoms. The summed E-state index contributed by atoms with van der Waals surface area (Å²) in [5, 5.41) is 2.73. The van der Waals surface area contributed by atoms with Crippen molar-refractivity contribution in [3.05, 3.63) is 34.3 Å².